The summed E-state index contributed by atoms with van der Waals surface area (Å²) in [5.74, 6) is -0.457. The average Bonchev–Trinajstić information content (AvgIpc) is 2.46. The number of hydrogen-bond donors (Lipinski definition) is 1. The van der Waals surface area contributed by atoms with Crippen LogP contribution >= 0.6 is 0 Å². The van der Waals surface area contributed by atoms with Crippen LogP contribution in [0.2, 0.25) is 0 Å². The summed E-state index contributed by atoms with van der Waals surface area (Å²) in [6.07, 6.45) is 4.60. The van der Waals surface area contributed by atoms with Crippen LogP contribution in [-0.4, -0.2) is 19.2 Å². The number of hydrogen-bond acceptors (Lipinski definition) is 3. The summed E-state index contributed by atoms with van der Waals surface area (Å²) in [7, 11) is 1.93. The fourth-order valence-corrected chi connectivity index (χ4v) is 2.60. The number of nitriles is 1. The predicted molar refractivity (Wildman–Crippen MR) is 71.0 cm³/mol. The van der Waals surface area contributed by atoms with Crippen LogP contribution in [0.3, 0.4) is 0 Å². The van der Waals surface area contributed by atoms with E-state index in [4.69, 9.17) is 10.00 Å². The van der Waals surface area contributed by atoms with Gasteiger partial charge in [0, 0.05) is 11.6 Å². The van der Waals surface area contributed by atoms with E-state index >= 15 is 0 Å². The van der Waals surface area contributed by atoms with Crippen LogP contribution in [0.1, 0.15) is 36.8 Å². The van der Waals surface area contributed by atoms with Crippen molar-refractivity contribution in [3.63, 3.8) is 0 Å². The molecule has 1 saturated carbocycles. The molecule has 0 amide bonds. The molecule has 0 heterocycles. The Morgan fingerprint density at radius 2 is 2.21 bits per heavy atom. The van der Waals surface area contributed by atoms with Crippen LogP contribution in [0.5, 0.6) is 0 Å². The predicted octanol–water partition coefficient (Wildman–Crippen LogP) is 2.74. The molecule has 2 atom stereocenters. The zero-order chi connectivity index (χ0) is 13.7. The van der Waals surface area contributed by atoms with Gasteiger partial charge in [-0.25, -0.2) is 4.39 Å². The summed E-state index contributed by atoms with van der Waals surface area (Å²) >= 11 is 0. The van der Waals surface area contributed by atoms with E-state index in [2.05, 4.69) is 5.32 Å². The van der Waals surface area contributed by atoms with E-state index in [9.17, 15) is 4.39 Å². The second kappa shape index (κ2) is 6.65. The zero-order valence-corrected chi connectivity index (χ0v) is 11.2. The molecule has 0 aliphatic heterocycles. The lowest BCUT2D eigenvalue weighted by molar-refractivity contribution is -0.00471. The number of nitrogens with one attached hydrogen (secondary N) is 1. The third kappa shape index (κ3) is 3.31. The van der Waals surface area contributed by atoms with E-state index in [0.29, 0.717) is 11.6 Å². The molecule has 0 saturated heterocycles. The monoisotopic (exact) mass is 262 g/mol. The Morgan fingerprint density at radius 1 is 1.42 bits per heavy atom. The van der Waals surface area contributed by atoms with E-state index < -0.39 is 5.82 Å². The molecule has 1 aromatic carbocycles. The van der Waals surface area contributed by atoms with Crippen LogP contribution in [0.15, 0.2) is 18.2 Å². The summed E-state index contributed by atoms with van der Waals surface area (Å²) in [5, 5.41) is 12.1. The van der Waals surface area contributed by atoms with Gasteiger partial charge in [0.15, 0.2) is 0 Å². The highest BCUT2D eigenvalue weighted by atomic mass is 19.1. The van der Waals surface area contributed by atoms with Crippen molar-refractivity contribution in [3.8, 4) is 6.07 Å². The maximum Gasteiger partial charge on any atom is 0.146 e. The fourth-order valence-electron chi connectivity index (χ4n) is 2.60. The van der Waals surface area contributed by atoms with Crippen LogP contribution in [0.4, 0.5) is 4.39 Å². The minimum Gasteiger partial charge on any atom is -0.372 e. The van der Waals surface area contributed by atoms with Gasteiger partial charge in [0.05, 0.1) is 18.3 Å². The summed E-state index contributed by atoms with van der Waals surface area (Å²) < 4.78 is 19.7. The lowest BCUT2D eigenvalue weighted by atomic mass is 9.92. The van der Waals surface area contributed by atoms with Crippen molar-refractivity contribution < 1.29 is 9.13 Å². The van der Waals surface area contributed by atoms with Crippen LogP contribution in [0, 0.1) is 17.1 Å². The van der Waals surface area contributed by atoms with Gasteiger partial charge in [-0.05, 0) is 26.0 Å². The Bertz CT molecular complexity index is 470. The third-order valence-electron chi connectivity index (χ3n) is 3.73. The second-order valence-corrected chi connectivity index (χ2v) is 4.92. The molecule has 0 radical (unpaired) electrons. The summed E-state index contributed by atoms with van der Waals surface area (Å²) in [4.78, 5) is 0. The van der Waals surface area contributed by atoms with Gasteiger partial charge in [0.1, 0.15) is 11.9 Å². The van der Waals surface area contributed by atoms with Gasteiger partial charge in [-0.1, -0.05) is 25.0 Å². The van der Waals surface area contributed by atoms with E-state index in [-0.39, 0.29) is 18.3 Å². The molecular weight excluding hydrogens is 243 g/mol. The summed E-state index contributed by atoms with van der Waals surface area (Å²) in [6.45, 7) is 0.226. The molecule has 4 heteroatoms. The molecule has 102 valence electrons. The Hall–Kier alpha value is -1.44. The number of likely N-dealkylation sites (N-methyl/N-ethyl adjacent to an activating group) is 1. The molecule has 1 fully saturated rings. The van der Waals surface area contributed by atoms with Crippen molar-refractivity contribution in [2.45, 2.75) is 44.4 Å². The van der Waals surface area contributed by atoms with Gasteiger partial charge in [0.2, 0.25) is 0 Å². The van der Waals surface area contributed by atoms with Gasteiger partial charge in [-0.2, -0.15) is 5.26 Å². The molecule has 1 aromatic rings. The van der Waals surface area contributed by atoms with Gasteiger partial charge < -0.3 is 10.1 Å². The number of halogens is 1. The minimum atomic E-state index is -0.457. The molecule has 0 aromatic heterocycles. The van der Waals surface area contributed by atoms with Crippen molar-refractivity contribution in [2.75, 3.05) is 7.05 Å². The van der Waals surface area contributed by atoms with E-state index in [0.717, 1.165) is 19.3 Å². The van der Waals surface area contributed by atoms with Crippen molar-refractivity contribution in [2.24, 2.45) is 0 Å². The maximum atomic E-state index is 13.9. The van der Waals surface area contributed by atoms with Gasteiger partial charge in [-0.15, -0.1) is 0 Å². The lowest BCUT2D eigenvalue weighted by Crippen LogP contribution is -2.41. The smallest absolute Gasteiger partial charge is 0.146 e. The molecular formula is C15H19FN2O. The molecule has 2 rings (SSSR count). The first kappa shape index (κ1) is 14.0. The number of benzene rings is 1. The Kier molecular flexibility index (Phi) is 4.89. The van der Waals surface area contributed by atoms with E-state index in [1.807, 2.05) is 13.1 Å². The van der Waals surface area contributed by atoms with Gasteiger partial charge in [-0.3, -0.25) is 0 Å². The van der Waals surface area contributed by atoms with Crippen molar-refractivity contribution in [1.29, 1.82) is 5.26 Å². The lowest BCUT2D eigenvalue weighted by Gasteiger charge is -2.31. The van der Waals surface area contributed by atoms with Crippen LogP contribution < -0.4 is 5.32 Å². The standard InChI is InChI=1S/C15H19FN2O/c1-18-13-7-2-3-8-14(13)19-10-12-6-4-5-11(9-17)15(12)16/h4-6,13-14,18H,2-3,7-8,10H2,1H3. The minimum absolute atomic E-state index is 0.0786. The summed E-state index contributed by atoms with van der Waals surface area (Å²) in [5.41, 5.74) is 0.536. The number of ether oxygens (including phenoxy) is 1. The second-order valence-electron chi connectivity index (χ2n) is 4.92. The van der Waals surface area contributed by atoms with Crippen molar-refractivity contribution >= 4 is 0 Å². The molecule has 2 unspecified atom stereocenters. The molecule has 0 spiro atoms. The average molecular weight is 262 g/mol. The molecule has 1 N–H and O–H groups in total. The molecule has 0 bridgehead atoms. The molecule has 19 heavy (non-hydrogen) atoms. The Balaban J connectivity index is 2.00. The summed E-state index contributed by atoms with van der Waals surface area (Å²) in [6, 6.07) is 7.04. The first-order valence-electron chi connectivity index (χ1n) is 6.72. The van der Waals surface area contributed by atoms with Gasteiger partial charge in [0.25, 0.3) is 0 Å². The molecule has 1 aliphatic rings. The van der Waals surface area contributed by atoms with Crippen LogP contribution in [-0.2, 0) is 11.3 Å². The topological polar surface area (TPSA) is 45.0 Å². The first-order chi connectivity index (χ1) is 9.26. The molecule has 1 aliphatic carbocycles. The van der Waals surface area contributed by atoms with Gasteiger partial charge >= 0.3 is 0 Å². The fraction of sp³-hybridized carbons (Fsp3) is 0.533. The Labute approximate surface area is 113 Å². The zero-order valence-electron chi connectivity index (χ0n) is 11.2. The highest BCUT2D eigenvalue weighted by molar-refractivity contribution is 5.34. The first-order valence-corrected chi connectivity index (χ1v) is 6.72. The number of nitrogens with zero attached hydrogens (tertiary/aromatic N) is 1. The third-order valence-corrected chi connectivity index (χ3v) is 3.73. The highest BCUT2D eigenvalue weighted by Crippen LogP contribution is 2.23. The largest absolute Gasteiger partial charge is 0.372 e. The maximum absolute atomic E-state index is 13.9. The quantitative estimate of drug-likeness (QED) is 0.907. The SMILES string of the molecule is CNC1CCCCC1OCc1cccc(C#N)c1F. The molecule has 3 nitrogen and oxygen atoms in total. The van der Waals surface area contributed by atoms with E-state index in [1.165, 1.54) is 12.5 Å². The number of rotatable bonds is 4. The highest BCUT2D eigenvalue weighted by Gasteiger charge is 2.24. The van der Waals surface area contributed by atoms with Crippen LogP contribution in [0.25, 0.3) is 0 Å². The normalized spacial score (nSPS) is 23.0. The van der Waals surface area contributed by atoms with Crippen molar-refractivity contribution in [1.82, 2.24) is 5.32 Å². The van der Waals surface area contributed by atoms with Crippen molar-refractivity contribution in [3.05, 3.63) is 35.1 Å². The Morgan fingerprint density at radius 3 is 2.95 bits per heavy atom. The van der Waals surface area contributed by atoms with E-state index in [1.54, 1.807) is 12.1 Å².